The molecule has 0 aliphatic carbocycles. The van der Waals surface area contributed by atoms with E-state index in [2.05, 4.69) is 24.3 Å². The Morgan fingerprint density at radius 3 is 2.43 bits per heavy atom. The van der Waals surface area contributed by atoms with Crippen molar-refractivity contribution in [2.45, 2.75) is 59.4 Å². The average Bonchev–Trinajstić information content (AvgIpc) is 2.90. The topological polar surface area (TPSA) is 84.3 Å². The van der Waals surface area contributed by atoms with Crippen molar-refractivity contribution in [3.8, 4) is 0 Å². The predicted molar refractivity (Wildman–Crippen MR) is 120 cm³/mol. The number of sulfonamides is 1. The molecule has 1 N–H and O–H groups in total. The maximum atomic E-state index is 12.8. The summed E-state index contributed by atoms with van der Waals surface area (Å²) in [5, 5.41) is 7.46. The number of hydrogen-bond donors (Lipinski definition) is 1. The van der Waals surface area contributed by atoms with E-state index in [4.69, 9.17) is 11.6 Å². The van der Waals surface area contributed by atoms with Crippen LogP contribution in [0, 0.1) is 19.8 Å². The molecule has 0 saturated heterocycles. The normalized spacial score (nSPS) is 12.0. The summed E-state index contributed by atoms with van der Waals surface area (Å²) in [5.41, 5.74) is 3.07. The molecule has 166 valence electrons. The number of carbonyl (C=O) groups is 1. The van der Waals surface area contributed by atoms with Crippen molar-refractivity contribution >= 4 is 33.2 Å². The second-order valence-electron chi connectivity index (χ2n) is 7.68. The van der Waals surface area contributed by atoms with Gasteiger partial charge in [-0.15, -0.1) is 0 Å². The third-order valence-corrected chi connectivity index (χ3v) is 7.48. The molecule has 0 fully saturated rings. The van der Waals surface area contributed by atoms with Crippen LogP contribution in [-0.4, -0.2) is 41.5 Å². The third kappa shape index (κ3) is 5.42. The van der Waals surface area contributed by atoms with E-state index in [1.165, 1.54) is 16.4 Å². The van der Waals surface area contributed by atoms with E-state index in [1.54, 1.807) is 19.9 Å². The molecule has 1 aromatic carbocycles. The third-order valence-electron chi connectivity index (χ3n) is 4.94. The predicted octanol–water partition coefficient (Wildman–Crippen LogP) is 4.02. The van der Waals surface area contributed by atoms with Gasteiger partial charge in [0.15, 0.2) is 0 Å². The molecule has 2 rings (SSSR count). The number of nitrogens with zero attached hydrogens (tertiary/aromatic N) is 3. The maximum Gasteiger partial charge on any atom is 0.244 e. The van der Waals surface area contributed by atoms with Gasteiger partial charge in [-0.3, -0.25) is 9.48 Å². The van der Waals surface area contributed by atoms with Crippen LogP contribution in [0.5, 0.6) is 0 Å². The Morgan fingerprint density at radius 1 is 1.23 bits per heavy atom. The number of carbonyl (C=O) groups excluding carboxylic acids is 1. The number of hydrogen-bond acceptors (Lipinski definition) is 4. The molecular formula is C21H31ClN4O3S. The second-order valence-corrected chi connectivity index (χ2v) is 10.00. The van der Waals surface area contributed by atoms with Crippen LogP contribution in [0.25, 0.3) is 0 Å². The molecule has 0 radical (unpaired) electrons. The van der Waals surface area contributed by atoms with Crippen LogP contribution in [0.15, 0.2) is 23.1 Å². The smallest absolute Gasteiger partial charge is 0.244 e. The van der Waals surface area contributed by atoms with Crippen LogP contribution in [0.2, 0.25) is 5.02 Å². The minimum absolute atomic E-state index is 0.0113. The van der Waals surface area contributed by atoms with Crippen molar-refractivity contribution in [1.29, 1.82) is 0 Å². The molecule has 1 aromatic heterocycles. The van der Waals surface area contributed by atoms with E-state index < -0.39 is 10.0 Å². The second kappa shape index (κ2) is 9.94. The maximum absolute atomic E-state index is 12.8. The monoisotopic (exact) mass is 454 g/mol. The van der Waals surface area contributed by atoms with Crippen LogP contribution in [0.4, 0.5) is 5.69 Å². The summed E-state index contributed by atoms with van der Waals surface area (Å²) in [5.74, 6) is 0.212. The SMILES string of the molecule is CCN(CC)S(=O)(=O)c1cc(NC(=O)Cc2c(C)nn(CC(C)C)c2C)ccc1Cl. The number of aromatic nitrogens is 2. The summed E-state index contributed by atoms with van der Waals surface area (Å²) in [7, 11) is -3.73. The van der Waals surface area contributed by atoms with E-state index in [-0.39, 0.29) is 22.2 Å². The van der Waals surface area contributed by atoms with Crippen molar-refractivity contribution < 1.29 is 13.2 Å². The molecular weight excluding hydrogens is 424 g/mol. The first kappa shape index (κ1) is 24.4. The van der Waals surface area contributed by atoms with Gasteiger partial charge in [-0.25, -0.2) is 8.42 Å². The van der Waals surface area contributed by atoms with Gasteiger partial charge in [0, 0.05) is 36.6 Å². The Kier molecular flexibility index (Phi) is 8.07. The lowest BCUT2D eigenvalue weighted by molar-refractivity contribution is -0.115. The van der Waals surface area contributed by atoms with Crippen LogP contribution in [0.3, 0.4) is 0 Å². The van der Waals surface area contributed by atoms with Gasteiger partial charge in [-0.2, -0.15) is 9.40 Å². The van der Waals surface area contributed by atoms with Crippen LogP contribution in [0.1, 0.15) is 44.6 Å². The summed E-state index contributed by atoms with van der Waals surface area (Å²) in [4.78, 5) is 12.7. The first-order valence-electron chi connectivity index (χ1n) is 10.1. The highest BCUT2D eigenvalue weighted by Crippen LogP contribution is 2.28. The van der Waals surface area contributed by atoms with Gasteiger partial charge in [0.05, 0.1) is 17.1 Å². The Hall–Kier alpha value is -1.90. The van der Waals surface area contributed by atoms with E-state index >= 15 is 0 Å². The Labute approximate surface area is 184 Å². The molecule has 0 aliphatic heterocycles. The summed E-state index contributed by atoms with van der Waals surface area (Å²) in [6.07, 6.45) is 0.163. The molecule has 9 heteroatoms. The Balaban J connectivity index is 2.24. The number of amides is 1. The number of aryl methyl sites for hydroxylation is 1. The molecule has 0 bridgehead atoms. The fourth-order valence-electron chi connectivity index (χ4n) is 3.36. The zero-order valence-corrected chi connectivity index (χ0v) is 20.1. The molecule has 0 spiro atoms. The number of rotatable bonds is 9. The Morgan fingerprint density at radius 2 is 1.87 bits per heavy atom. The summed E-state index contributed by atoms with van der Waals surface area (Å²) >= 11 is 6.16. The molecule has 0 unspecified atom stereocenters. The number of benzene rings is 1. The molecule has 0 atom stereocenters. The van der Waals surface area contributed by atoms with E-state index in [0.717, 1.165) is 23.5 Å². The number of nitrogens with one attached hydrogen (secondary N) is 1. The van der Waals surface area contributed by atoms with Crippen LogP contribution >= 0.6 is 11.6 Å². The highest BCUT2D eigenvalue weighted by atomic mass is 35.5. The van der Waals surface area contributed by atoms with Crippen molar-refractivity contribution in [2.75, 3.05) is 18.4 Å². The molecule has 30 heavy (non-hydrogen) atoms. The number of anilines is 1. The molecule has 0 saturated carbocycles. The van der Waals surface area contributed by atoms with E-state index in [0.29, 0.717) is 24.7 Å². The molecule has 1 heterocycles. The number of halogens is 1. The van der Waals surface area contributed by atoms with Gasteiger partial charge in [-0.1, -0.05) is 39.3 Å². The standard InChI is InChI=1S/C21H31ClN4O3S/c1-7-25(8-2)30(28,29)20-11-17(9-10-19(20)22)23-21(27)12-18-15(5)24-26(16(18)6)13-14(3)4/h9-11,14H,7-8,12-13H2,1-6H3,(H,23,27). The van der Waals surface area contributed by atoms with Crippen LogP contribution in [-0.2, 0) is 27.8 Å². The van der Waals surface area contributed by atoms with Gasteiger partial charge in [0.2, 0.25) is 15.9 Å². The fraction of sp³-hybridized carbons (Fsp3) is 0.524. The zero-order chi connectivity index (χ0) is 22.6. The van der Waals surface area contributed by atoms with Crippen molar-refractivity contribution in [3.63, 3.8) is 0 Å². The van der Waals surface area contributed by atoms with Crippen molar-refractivity contribution in [1.82, 2.24) is 14.1 Å². The van der Waals surface area contributed by atoms with Gasteiger partial charge in [0.1, 0.15) is 4.90 Å². The van der Waals surface area contributed by atoms with Crippen LogP contribution < -0.4 is 5.32 Å². The average molecular weight is 455 g/mol. The highest BCUT2D eigenvalue weighted by Gasteiger charge is 2.25. The first-order chi connectivity index (χ1) is 14.0. The Bertz CT molecular complexity index is 1010. The van der Waals surface area contributed by atoms with E-state index in [9.17, 15) is 13.2 Å². The molecule has 0 aliphatic rings. The first-order valence-corrected chi connectivity index (χ1v) is 11.9. The quantitative estimate of drug-likeness (QED) is 0.620. The lowest BCUT2D eigenvalue weighted by Crippen LogP contribution is -2.31. The fourth-order valence-corrected chi connectivity index (χ4v) is 5.32. The lowest BCUT2D eigenvalue weighted by Gasteiger charge is -2.19. The summed E-state index contributed by atoms with van der Waals surface area (Å²) in [6, 6.07) is 4.50. The zero-order valence-electron chi connectivity index (χ0n) is 18.5. The minimum atomic E-state index is -3.73. The van der Waals surface area contributed by atoms with E-state index in [1.807, 2.05) is 18.5 Å². The van der Waals surface area contributed by atoms with Gasteiger partial charge in [0.25, 0.3) is 0 Å². The van der Waals surface area contributed by atoms with Crippen molar-refractivity contribution in [3.05, 3.63) is 40.2 Å². The summed E-state index contributed by atoms with van der Waals surface area (Å²) < 4.78 is 28.9. The van der Waals surface area contributed by atoms with Crippen molar-refractivity contribution in [2.24, 2.45) is 5.92 Å². The van der Waals surface area contributed by atoms with Gasteiger partial charge < -0.3 is 5.32 Å². The van der Waals surface area contributed by atoms with Gasteiger partial charge in [-0.05, 0) is 38.0 Å². The summed E-state index contributed by atoms with van der Waals surface area (Å²) in [6.45, 7) is 13.1. The minimum Gasteiger partial charge on any atom is -0.326 e. The molecule has 1 amide bonds. The highest BCUT2D eigenvalue weighted by molar-refractivity contribution is 7.89. The molecule has 2 aromatic rings. The largest absolute Gasteiger partial charge is 0.326 e. The lowest BCUT2D eigenvalue weighted by atomic mass is 10.1. The molecule has 7 nitrogen and oxygen atoms in total. The van der Waals surface area contributed by atoms with Gasteiger partial charge >= 0.3 is 0 Å².